The van der Waals surface area contributed by atoms with Crippen molar-refractivity contribution in [1.29, 1.82) is 0 Å². The van der Waals surface area contributed by atoms with Gasteiger partial charge in [0, 0.05) is 50.4 Å². The van der Waals surface area contributed by atoms with E-state index >= 15 is 0 Å². The van der Waals surface area contributed by atoms with Crippen molar-refractivity contribution >= 4 is 0 Å². The van der Waals surface area contributed by atoms with Gasteiger partial charge in [-0.05, 0) is 37.6 Å². The largest absolute Gasteiger partial charge is 0.492 e. The number of para-hydroxylation sites is 1. The average molecular weight is 411 g/mol. The molecule has 1 saturated heterocycles. The van der Waals surface area contributed by atoms with Crippen LogP contribution in [0.25, 0.3) is 0 Å². The van der Waals surface area contributed by atoms with Gasteiger partial charge in [0.2, 0.25) is 6.79 Å². The molecule has 3 aliphatic rings. The summed E-state index contributed by atoms with van der Waals surface area (Å²) in [5.41, 5.74) is 3.75. The lowest BCUT2D eigenvalue weighted by molar-refractivity contribution is -0.0704. The van der Waals surface area contributed by atoms with Gasteiger partial charge < -0.3 is 18.9 Å². The van der Waals surface area contributed by atoms with Crippen LogP contribution in [0.2, 0.25) is 0 Å². The zero-order valence-corrected chi connectivity index (χ0v) is 17.8. The van der Waals surface area contributed by atoms with Crippen molar-refractivity contribution in [3.8, 4) is 17.2 Å². The van der Waals surface area contributed by atoms with Gasteiger partial charge in [-0.1, -0.05) is 18.2 Å². The number of hydrogen-bond donors (Lipinski definition) is 0. The maximum Gasteiger partial charge on any atom is 0.231 e. The Kier molecular flexibility index (Phi) is 5.54. The standard InChI is InChI=1S/C24H30N2O4/c1-17-11-26(12-18(2)30-17)13-19-6-7-22-21(10-19)15-25(8-9-27-22)14-20-4-3-5-23-24(20)29-16-28-23/h3-7,10,17-18H,8-9,11-16H2,1-2H3/t17-,18+. The van der Waals surface area contributed by atoms with Gasteiger partial charge in [0.25, 0.3) is 0 Å². The van der Waals surface area contributed by atoms with Crippen molar-refractivity contribution in [2.45, 2.75) is 45.7 Å². The highest BCUT2D eigenvalue weighted by Crippen LogP contribution is 2.36. The first-order chi connectivity index (χ1) is 14.6. The summed E-state index contributed by atoms with van der Waals surface area (Å²) in [6.07, 6.45) is 0.569. The smallest absolute Gasteiger partial charge is 0.231 e. The molecule has 0 aromatic heterocycles. The Morgan fingerprint density at radius 2 is 1.77 bits per heavy atom. The highest BCUT2D eigenvalue weighted by atomic mass is 16.7. The summed E-state index contributed by atoms with van der Waals surface area (Å²) in [6, 6.07) is 12.8. The summed E-state index contributed by atoms with van der Waals surface area (Å²) in [5, 5.41) is 0. The van der Waals surface area contributed by atoms with Gasteiger partial charge in [-0.15, -0.1) is 0 Å². The molecule has 2 atom stereocenters. The summed E-state index contributed by atoms with van der Waals surface area (Å²) in [6.45, 7) is 10.8. The molecule has 0 radical (unpaired) electrons. The highest BCUT2D eigenvalue weighted by Gasteiger charge is 2.24. The molecule has 30 heavy (non-hydrogen) atoms. The average Bonchev–Trinajstić information content (AvgIpc) is 3.10. The molecule has 3 aliphatic heterocycles. The number of benzene rings is 2. The van der Waals surface area contributed by atoms with Crippen molar-refractivity contribution in [2.24, 2.45) is 0 Å². The Morgan fingerprint density at radius 1 is 0.900 bits per heavy atom. The molecule has 0 spiro atoms. The van der Waals surface area contributed by atoms with Crippen LogP contribution in [0.3, 0.4) is 0 Å². The molecule has 1 fully saturated rings. The van der Waals surface area contributed by atoms with Gasteiger partial charge in [-0.3, -0.25) is 9.80 Å². The van der Waals surface area contributed by atoms with Crippen LogP contribution >= 0.6 is 0 Å². The third-order valence-corrected chi connectivity index (χ3v) is 5.96. The Hall–Kier alpha value is -2.28. The minimum absolute atomic E-state index is 0.284. The molecule has 0 aliphatic carbocycles. The van der Waals surface area contributed by atoms with Crippen LogP contribution in [-0.2, 0) is 24.4 Å². The van der Waals surface area contributed by atoms with Crippen molar-refractivity contribution < 1.29 is 18.9 Å². The molecule has 0 amide bonds. The number of ether oxygens (including phenoxy) is 4. The molecule has 2 aromatic carbocycles. The van der Waals surface area contributed by atoms with E-state index in [1.165, 1.54) is 16.7 Å². The summed E-state index contributed by atoms with van der Waals surface area (Å²) >= 11 is 0. The van der Waals surface area contributed by atoms with Crippen LogP contribution < -0.4 is 14.2 Å². The molecule has 2 aromatic rings. The molecule has 160 valence electrons. The van der Waals surface area contributed by atoms with Crippen LogP contribution in [-0.4, -0.2) is 55.0 Å². The van der Waals surface area contributed by atoms with E-state index in [-0.39, 0.29) is 12.2 Å². The predicted molar refractivity (Wildman–Crippen MR) is 114 cm³/mol. The molecule has 3 heterocycles. The molecule has 0 N–H and O–H groups in total. The monoisotopic (exact) mass is 410 g/mol. The first-order valence-electron chi connectivity index (χ1n) is 10.9. The van der Waals surface area contributed by atoms with Crippen molar-refractivity contribution in [2.75, 3.05) is 33.0 Å². The number of hydrogen-bond acceptors (Lipinski definition) is 6. The lowest BCUT2D eigenvalue weighted by Gasteiger charge is -2.35. The fourth-order valence-corrected chi connectivity index (χ4v) is 4.76. The van der Waals surface area contributed by atoms with E-state index in [9.17, 15) is 0 Å². The second-order valence-electron chi connectivity index (χ2n) is 8.60. The molecule has 0 saturated carbocycles. The topological polar surface area (TPSA) is 43.4 Å². The van der Waals surface area contributed by atoms with Crippen LogP contribution in [0, 0.1) is 0 Å². The fraction of sp³-hybridized carbons (Fsp3) is 0.500. The molecule has 6 nitrogen and oxygen atoms in total. The van der Waals surface area contributed by atoms with E-state index in [1.807, 2.05) is 12.1 Å². The van der Waals surface area contributed by atoms with Crippen LogP contribution in [0.4, 0.5) is 0 Å². The fourth-order valence-electron chi connectivity index (χ4n) is 4.76. The van der Waals surface area contributed by atoms with Crippen LogP contribution in [0.1, 0.15) is 30.5 Å². The van der Waals surface area contributed by atoms with Gasteiger partial charge in [-0.2, -0.15) is 0 Å². The minimum Gasteiger partial charge on any atom is -0.492 e. The van der Waals surface area contributed by atoms with Gasteiger partial charge in [0.1, 0.15) is 12.4 Å². The number of fused-ring (bicyclic) bond motifs is 2. The van der Waals surface area contributed by atoms with E-state index in [1.54, 1.807) is 0 Å². The van der Waals surface area contributed by atoms with Crippen molar-refractivity contribution in [3.05, 3.63) is 53.1 Å². The first kappa shape index (κ1) is 19.7. The third-order valence-electron chi connectivity index (χ3n) is 5.96. The Morgan fingerprint density at radius 3 is 2.63 bits per heavy atom. The maximum atomic E-state index is 6.06. The third kappa shape index (κ3) is 4.26. The molecule has 6 heteroatoms. The lowest BCUT2D eigenvalue weighted by atomic mass is 10.1. The highest BCUT2D eigenvalue weighted by molar-refractivity contribution is 5.48. The lowest BCUT2D eigenvalue weighted by Crippen LogP contribution is -2.44. The SMILES string of the molecule is C[C@@H]1CN(Cc2ccc3c(c2)CN(Cc2cccc4c2OCO4)CCO3)C[C@H](C)O1. The maximum absolute atomic E-state index is 6.06. The minimum atomic E-state index is 0.284. The van der Waals surface area contributed by atoms with Gasteiger partial charge in [0.15, 0.2) is 11.5 Å². The van der Waals surface area contributed by atoms with Crippen LogP contribution in [0.5, 0.6) is 17.2 Å². The zero-order valence-electron chi connectivity index (χ0n) is 17.8. The summed E-state index contributed by atoms with van der Waals surface area (Å²) in [5.74, 6) is 2.73. The van der Waals surface area contributed by atoms with Crippen molar-refractivity contribution in [3.63, 3.8) is 0 Å². The first-order valence-corrected chi connectivity index (χ1v) is 10.9. The summed E-state index contributed by atoms with van der Waals surface area (Å²) in [4.78, 5) is 4.91. The molecule has 0 unspecified atom stereocenters. The van der Waals surface area contributed by atoms with Gasteiger partial charge in [0.05, 0.1) is 12.2 Å². The Balaban J connectivity index is 1.30. The molecule has 5 rings (SSSR count). The summed E-state index contributed by atoms with van der Waals surface area (Å²) in [7, 11) is 0. The number of nitrogens with zero attached hydrogens (tertiary/aromatic N) is 2. The second kappa shape index (κ2) is 8.46. The summed E-state index contributed by atoms with van der Waals surface area (Å²) < 4.78 is 23.2. The van der Waals surface area contributed by atoms with Gasteiger partial charge in [-0.25, -0.2) is 0 Å². The molecular formula is C24H30N2O4. The van der Waals surface area contributed by atoms with E-state index in [2.05, 4.69) is 47.9 Å². The second-order valence-corrected chi connectivity index (χ2v) is 8.60. The number of morpholine rings is 1. The molecule has 0 bridgehead atoms. The predicted octanol–water partition coefficient (Wildman–Crippen LogP) is 3.42. The van der Waals surface area contributed by atoms with E-state index in [0.717, 1.165) is 56.5 Å². The normalized spacial score (nSPS) is 24.2. The van der Waals surface area contributed by atoms with E-state index < -0.39 is 0 Å². The Bertz CT molecular complexity index is 893. The van der Waals surface area contributed by atoms with Crippen LogP contribution in [0.15, 0.2) is 36.4 Å². The zero-order chi connectivity index (χ0) is 20.5. The van der Waals surface area contributed by atoms with E-state index in [4.69, 9.17) is 18.9 Å². The van der Waals surface area contributed by atoms with Gasteiger partial charge >= 0.3 is 0 Å². The number of rotatable bonds is 4. The van der Waals surface area contributed by atoms with E-state index in [0.29, 0.717) is 13.4 Å². The van der Waals surface area contributed by atoms with Crippen molar-refractivity contribution in [1.82, 2.24) is 9.80 Å². The molecular weight excluding hydrogens is 380 g/mol. The Labute approximate surface area is 178 Å². The quantitative estimate of drug-likeness (QED) is 0.770.